The van der Waals surface area contributed by atoms with Gasteiger partial charge < -0.3 is 4.90 Å². The molecule has 1 amide bonds. The Kier molecular flexibility index (Phi) is 4.13. The maximum atomic E-state index is 11.8. The fraction of sp³-hybridized carbons (Fsp3) is 0.412. The fourth-order valence-corrected chi connectivity index (χ4v) is 2.97. The van der Waals surface area contributed by atoms with Crippen LogP contribution in [0.5, 0.6) is 0 Å². The minimum absolute atomic E-state index is 0.229. The molecule has 0 N–H and O–H groups in total. The number of carbonyl (C=O) groups is 1. The molecule has 1 atom stereocenters. The molecular weight excluding hydrogens is 276 g/mol. The van der Waals surface area contributed by atoms with Crippen LogP contribution in [0.25, 0.3) is 11.1 Å². The zero-order chi connectivity index (χ0) is 15.5. The summed E-state index contributed by atoms with van der Waals surface area (Å²) in [5.41, 5.74) is 4.12. The van der Waals surface area contributed by atoms with E-state index in [2.05, 4.69) is 21.0 Å². The molecule has 3 heterocycles. The summed E-state index contributed by atoms with van der Waals surface area (Å²) in [4.78, 5) is 26.6. The first kappa shape index (κ1) is 14.6. The van der Waals surface area contributed by atoms with Crippen LogP contribution < -0.4 is 0 Å². The number of rotatable bonds is 3. The average molecular weight is 296 g/mol. The van der Waals surface area contributed by atoms with E-state index in [1.807, 2.05) is 37.2 Å². The van der Waals surface area contributed by atoms with Gasteiger partial charge in [0.15, 0.2) is 0 Å². The van der Waals surface area contributed by atoms with Crippen molar-refractivity contribution in [3.8, 4) is 11.1 Å². The molecule has 0 saturated carbocycles. The van der Waals surface area contributed by atoms with Crippen LogP contribution >= 0.6 is 0 Å². The van der Waals surface area contributed by atoms with E-state index in [9.17, 15) is 4.79 Å². The summed E-state index contributed by atoms with van der Waals surface area (Å²) in [6, 6.07) is 4.16. The van der Waals surface area contributed by atoms with Crippen LogP contribution in [-0.4, -0.2) is 38.8 Å². The van der Waals surface area contributed by atoms with E-state index in [0.717, 1.165) is 42.0 Å². The molecule has 0 bridgehead atoms. The van der Waals surface area contributed by atoms with Gasteiger partial charge in [0.2, 0.25) is 5.91 Å². The number of hydrogen-bond acceptors (Lipinski definition) is 4. The van der Waals surface area contributed by atoms with Gasteiger partial charge in [0.1, 0.15) is 6.33 Å². The van der Waals surface area contributed by atoms with Crippen molar-refractivity contribution in [2.24, 2.45) is 0 Å². The van der Waals surface area contributed by atoms with Gasteiger partial charge in [-0.3, -0.25) is 9.78 Å². The number of nitrogens with zero attached hydrogens (tertiary/aromatic N) is 4. The number of carbonyl (C=O) groups excluding carboxylic acids is 1. The van der Waals surface area contributed by atoms with E-state index in [0.29, 0.717) is 12.3 Å². The number of aromatic nitrogens is 3. The lowest BCUT2D eigenvalue weighted by molar-refractivity contribution is -0.129. The van der Waals surface area contributed by atoms with E-state index in [-0.39, 0.29) is 5.91 Å². The van der Waals surface area contributed by atoms with Crippen molar-refractivity contribution in [3.05, 3.63) is 42.2 Å². The summed E-state index contributed by atoms with van der Waals surface area (Å²) in [7, 11) is 0. The van der Waals surface area contributed by atoms with Gasteiger partial charge in [-0.05, 0) is 31.0 Å². The topological polar surface area (TPSA) is 59.0 Å². The van der Waals surface area contributed by atoms with Crippen molar-refractivity contribution in [3.63, 3.8) is 0 Å². The quantitative estimate of drug-likeness (QED) is 0.873. The number of likely N-dealkylation sites (tertiary alicyclic amines) is 1. The third-order valence-electron chi connectivity index (χ3n) is 4.13. The summed E-state index contributed by atoms with van der Waals surface area (Å²) in [6.45, 7) is 5.51. The van der Waals surface area contributed by atoms with Crippen LogP contribution in [0.15, 0.2) is 30.9 Å². The highest BCUT2D eigenvalue weighted by molar-refractivity contribution is 5.76. The van der Waals surface area contributed by atoms with Gasteiger partial charge in [-0.15, -0.1) is 0 Å². The average Bonchev–Trinajstić information content (AvgIpc) is 3.04. The van der Waals surface area contributed by atoms with Crippen molar-refractivity contribution in [2.75, 3.05) is 13.1 Å². The minimum atomic E-state index is 0.229. The standard InChI is InChI=1S/C17H20N4O/c1-3-17(22)21-5-4-13(10-21)16-7-14(6-12(2)20-16)15-8-18-11-19-9-15/h6-9,11,13H,3-5,10H2,1-2H3. The Morgan fingerprint density at radius 1 is 1.27 bits per heavy atom. The van der Waals surface area contributed by atoms with Gasteiger partial charge in [0.25, 0.3) is 0 Å². The Morgan fingerprint density at radius 3 is 2.77 bits per heavy atom. The van der Waals surface area contributed by atoms with Crippen molar-refractivity contribution < 1.29 is 4.79 Å². The van der Waals surface area contributed by atoms with E-state index >= 15 is 0 Å². The number of hydrogen-bond donors (Lipinski definition) is 0. The highest BCUT2D eigenvalue weighted by Gasteiger charge is 2.27. The largest absolute Gasteiger partial charge is 0.342 e. The molecule has 1 fully saturated rings. The summed E-state index contributed by atoms with van der Waals surface area (Å²) in [5.74, 6) is 0.547. The molecule has 1 aliphatic rings. The lowest BCUT2D eigenvalue weighted by atomic mass is 10.00. The lowest BCUT2D eigenvalue weighted by Gasteiger charge is -2.16. The molecule has 5 heteroatoms. The number of amides is 1. The Balaban J connectivity index is 1.86. The van der Waals surface area contributed by atoms with Crippen LogP contribution in [0, 0.1) is 6.92 Å². The van der Waals surface area contributed by atoms with Crippen molar-refractivity contribution in [1.82, 2.24) is 19.9 Å². The smallest absolute Gasteiger partial charge is 0.222 e. The van der Waals surface area contributed by atoms with Gasteiger partial charge >= 0.3 is 0 Å². The SMILES string of the molecule is CCC(=O)N1CCC(c2cc(-c3cncnc3)cc(C)n2)C1. The van der Waals surface area contributed by atoms with Gasteiger partial charge in [-0.2, -0.15) is 0 Å². The first-order valence-electron chi connectivity index (χ1n) is 7.69. The molecule has 0 aliphatic carbocycles. The van der Waals surface area contributed by atoms with Gasteiger partial charge in [-0.25, -0.2) is 9.97 Å². The fourth-order valence-electron chi connectivity index (χ4n) is 2.97. The summed E-state index contributed by atoms with van der Waals surface area (Å²) < 4.78 is 0. The third-order valence-corrected chi connectivity index (χ3v) is 4.13. The third kappa shape index (κ3) is 2.98. The Bertz CT molecular complexity index is 672. The van der Waals surface area contributed by atoms with Crippen LogP contribution in [0.3, 0.4) is 0 Å². The van der Waals surface area contributed by atoms with Crippen LogP contribution in [0.2, 0.25) is 0 Å². The van der Waals surface area contributed by atoms with Crippen LogP contribution in [0.4, 0.5) is 0 Å². The molecule has 0 spiro atoms. The molecule has 1 saturated heterocycles. The molecule has 5 nitrogen and oxygen atoms in total. The second-order valence-corrected chi connectivity index (χ2v) is 5.73. The highest BCUT2D eigenvalue weighted by atomic mass is 16.2. The molecule has 22 heavy (non-hydrogen) atoms. The van der Waals surface area contributed by atoms with Crippen molar-refractivity contribution in [1.29, 1.82) is 0 Å². The summed E-state index contributed by atoms with van der Waals surface area (Å²) in [5, 5.41) is 0. The van der Waals surface area contributed by atoms with Crippen molar-refractivity contribution >= 4 is 5.91 Å². The lowest BCUT2D eigenvalue weighted by Crippen LogP contribution is -2.27. The normalized spacial score (nSPS) is 17.7. The summed E-state index contributed by atoms with van der Waals surface area (Å²) in [6.07, 6.45) is 6.71. The molecule has 0 aromatic carbocycles. The second kappa shape index (κ2) is 6.22. The minimum Gasteiger partial charge on any atom is -0.342 e. The number of pyridine rings is 1. The predicted molar refractivity (Wildman–Crippen MR) is 84.2 cm³/mol. The molecule has 1 unspecified atom stereocenters. The number of aryl methyl sites for hydroxylation is 1. The highest BCUT2D eigenvalue weighted by Crippen LogP contribution is 2.29. The maximum absolute atomic E-state index is 11.8. The van der Waals surface area contributed by atoms with Gasteiger partial charge in [-0.1, -0.05) is 6.92 Å². The van der Waals surface area contributed by atoms with Crippen LogP contribution in [0.1, 0.15) is 37.1 Å². The Hall–Kier alpha value is -2.30. The monoisotopic (exact) mass is 296 g/mol. The van der Waals surface area contributed by atoms with E-state index in [1.165, 1.54) is 6.33 Å². The van der Waals surface area contributed by atoms with E-state index in [4.69, 9.17) is 0 Å². The first-order chi connectivity index (χ1) is 10.7. The Labute approximate surface area is 130 Å². The zero-order valence-corrected chi connectivity index (χ0v) is 13.0. The predicted octanol–water partition coefficient (Wildman–Crippen LogP) is 2.57. The molecule has 1 aliphatic heterocycles. The molecule has 2 aromatic rings. The summed E-state index contributed by atoms with van der Waals surface area (Å²) >= 11 is 0. The Morgan fingerprint density at radius 2 is 2.05 bits per heavy atom. The maximum Gasteiger partial charge on any atom is 0.222 e. The molecule has 0 radical (unpaired) electrons. The molecular formula is C17H20N4O. The second-order valence-electron chi connectivity index (χ2n) is 5.73. The van der Waals surface area contributed by atoms with E-state index in [1.54, 1.807) is 0 Å². The van der Waals surface area contributed by atoms with Crippen LogP contribution in [-0.2, 0) is 4.79 Å². The van der Waals surface area contributed by atoms with Crippen molar-refractivity contribution in [2.45, 2.75) is 32.6 Å². The van der Waals surface area contributed by atoms with Gasteiger partial charge in [0, 0.05) is 54.8 Å². The molecule has 3 rings (SSSR count). The zero-order valence-electron chi connectivity index (χ0n) is 13.0. The first-order valence-corrected chi connectivity index (χ1v) is 7.69. The molecule has 114 valence electrons. The molecule has 2 aromatic heterocycles. The van der Waals surface area contributed by atoms with Gasteiger partial charge in [0.05, 0.1) is 0 Å². The van der Waals surface area contributed by atoms with E-state index < -0.39 is 0 Å².